The van der Waals surface area contributed by atoms with Crippen LogP contribution in [0.3, 0.4) is 0 Å². The van der Waals surface area contributed by atoms with Gasteiger partial charge in [-0.25, -0.2) is 0 Å². The molecule has 7 nitrogen and oxygen atoms in total. The fraction of sp³-hybridized carbons (Fsp3) is 0.226. The van der Waals surface area contributed by atoms with E-state index in [1.807, 2.05) is 31.2 Å². The molecule has 1 aromatic heterocycles. The number of Topliss-reactive ketones (excluding diaryl/α,β-unsaturated/α-hetero) is 1. The van der Waals surface area contributed by atoms with E-state index in [2.05, 4.69) is 17.1 Å². The molecule has 1 aliphatic rings. The summed E-state index contributed by atoms with van der Waals surface area (Å²) in [6.45, 7) is 4.55. The van der Waals surface area contributed by atoms with Crippen molar-refractivity contribution in [2.24, 2.45) is 0 Å². The Morgan fingerprint density at radius 3 is 2.60 bits per heavy atom. The third-order valence-corrected chi connectivity index (χ3v) is 9.37. The Bertz CT molecular complexity index is 1660. The van der Waals surface area contributed by atoms with E-state index in [0.29, 0.717) is 43.6 Å². The lowest BCUT2D eigenvalue weighted by Crippen LogP contribution is -2.29. The number of aliphatic hydroxyl groups is 1. The molecule has 1 amide bonds. The zero-order valence-electron chi connectivity index (χ0n) is 22.8. The predicted octanol–water partition coefficient (Wildman–Crippen LogP) is 8.25. The number of carbonyl (C=O) groups excluding carboxylic acids is 2. The van der Waals surface area contributed by atoms with Gasteiger partial charge in [-0.2, -0.15) is 0 Å². The maximum Gasteiger partial charge on any atom is 0.301 e. The molecular weight excluding hydrogens is 613 g/mol. The molecule has 1 aliphatic heterocycles. The average molecular weight is 641 g/mol. The summed E-state index contributed by atoms with van der Waals surface area (Å²) in [6.07, 6.45) is 1.88. The minimum absolute atomic E-state index is 0.0214. The molecule has 5 rings (SSSR count). The smallest absolute Gasteiger partial charge is 0.301 e. The molecule has 0 saturated carbocycles. The van der Waals surface area contributed by atoms with Crippen LogP contribution in [0.4, 0.5) is 5.13 Å². The highest BCUT2D eigenvalue weighted by molar-refractivity contribution is 8.00. The van der Waals surface area contributed by atoms with E-state index >= 15 is 0 Å². The number of nitrogens with zero attached hydrogens (tertiary/aromatic N) is 3. The summed E-state index contributed by atoms with van der Waals surface area (Å²) in [5.74, 6) is -0.728. The van der Waals surface area contributed by atoms with Crippen LogP contribution in [0.25, 0.3) is 5.76 Å². The van der Waals surface area contributed by atoms with Gasteiger partial charge in [-0.05, 0) is 48.7 Å². The highest BCUT2D eigenvalue weighted by atomic mass is 35.5. The predicted molar refractivity (Wildman–Crippen MR) is 169 cm³/mol. The van der Waals surface area contributed by atoms with Crippen molar-refractivity contribution in [3.8, 4) is 5.75 Å². The van der Waals surface area contributed by atoms with Gasteiger partial charge < -0.3 is 9.84 Å². The topological polar surface area (TPSA) is 92.6 Å². The third kappa shape index (κ3) is 6.49. The summed E-state index contributed by atoms with van der Waals surface area (Å²) in [4.78, 5) is 28.4. The second-order valence-electron chi connectivity index (χ2n) is 9.68. The minimum Gasteiger partial charge on any atom is -0.507 e. The van der Waals surface area contributed by atoms with Gasteiger partial charge in [0.05, 0.1) is 18.2 Å². The van der Waals surface area contributed by atoms with Crippen LogP contribution in [0.2, 0.25) is 10.0 Å². The van der Waals surface area contributed by atoms with Gasteiger partial charge in [0.2, 0.25) is 5.13 Å². The number of hydrogen-bond donors (Lipinski definition) is 1. The molecule has 0 aliphatic carbocycles. The van der Waals surface area contributed by atoms with Crippen molar-refractivity contribution in [2.75, 3.05) is 11.5 Å². The maximum atomic E-state index is 13.6. The first-order chi connectivity index (χ1) is 20.3. The number of ether oxygens (including phenoxy) is 1. The van der Waals surface area contributed by atoms with Gasteiger partial charge in [-0.1, -0.05) is 108 Å². The molecular formula is C31H27Cl2N3O4S2. The number of benzene rings is 3. The van der Waals surface area contributed by atoms with Crippen LogP contribution in [0.15, 0.2) is 76.6 Å². The summed E-state index contributed by atoms with van der Waals surface area (Å²) in [5.41, 5.74) is 2.90. The van der Waals surface area contributed by atoms with Gasteiger partial charge in [-0.15, -0.1) is 10.2 Å². The summed E-state index contributed by atoms with van der Waals surface area (Å²) >= 11 is 14.9. The lowest BCUT2D eigenvalue weighted by molar-refractivity contribution is -0.132. The Morgan fingerprint density at radius 1 is 1.07 bits per heavy atom. The molecule has 1 N–H and O–H groups in total. The van der Waals surface area contributed by atoms with Crippen molar-refractivity contribution in [1.29, 1.82) is 0 Å². The van der Waals surface area contributed by atoms with Gasteiger partial charge in [0.25, 0.3) is 5.78 Å². The number of halogens is 2. The quantitative estimate of drug-likeness (QED) is 0.0466. The Hall–Kier alpha value is -3.37. The van der Waals surface area contributed by atoms with Gasteiger partial charge in [0, 0.05) is 21.4 Å². The zero-order chi connectivity index (χ0) is 29.8. The van der Waals surface area contributed by atoms with Gasteiger partial charge in [-0.3, -0.25) is 14.5 Å². The first kappa shape index (κ1) is 30.1. The van der Waals surface area contributed by atoms with Crippen LogP contribution in [0.5, 0.6) is 5.75 Å². The number of amides is 1. The molecule has 216 valence electrons. The summed E-state index contributed by atoms with van der Waals surface area (Å²) in [6, 6.07) is 18.7. The summed E-state index contributed by atoms with van der Waals surface area (Å²) in [5, 5.41) is 21.3. The highest BCUT2D eigenvalue weighted by Crippen LogP contribution is 2.44. The van der Waals surface area contributed by atoms with Crippen LogP contribution in [-0.4, -0.2) is 33.6 Å². The fourth-order valence-electron chi connectivity index (χ4n) is 4.46. The van der Waals surface area contributed by atoms with Crippen molar-refractivity contribution in [3.05, 3.63) is 105 Å². The summed E-state index contributed by atoms with van der Waals surface area (Å²) in [7, 11) is 0. The second kappa shape index (κ2) is 13.3. The molecule has 3 aromatic carbocycles. The monoisotopic (exact) mass is 639 g/mol. The Kier molecular flexibility index (Phi) is 9.53. The number of aliphatic hydroxyl groups excluding tert-OH is 1. The number of aryl methyl sites for hydroxylation is 1. The number of thioether (sulfide) groups is 1. The SMILES string of the molecule is CCCCOc1cccc(C2/C(=C(\O)c3ccc(C)cc3)C(=O)C(=O)N2c2nnc(SCc3ccc(Cl)cc3Cl)s2)c1. The molecule has 0 bridgehead atoms. The van der Waals surface area contributed by atoms with Crippen molar-refractivity contribution in [1.82, 2.24) is 10.2 Å². The molecule has 1 atom stereocenters. The fourth-order valence-corrected chi connectivity index (χ4v) is 6.88. The molecule has 4 aromatic rings. The van der Waals surface area contributed by atoms with E-state index in [9.17, 15) is 14.7 Å². The van der Waals surface area contributed by atoms with E-state index in [-0.39, 0.29) is 16.5 Å². The maximum absolute atomic E-state index is 13.6. The van der Waals surface area contributed by atoms with E-state index in [1.165, 1.54) is 28.0 Å². The number of ketones is 1. The highest BCUT2D eigenvalue weighted by Gasteiger charge is 2.48. The van der Waals surface area contributed by atoms with E-state index in [1.54, 1.807) is 42.5 Å². The van der Waals surface area contributed by atoms with Crippen LogP contribution < -0.4 is 9.64 Å². The molecule has 2 heterocycles. The number of unbranched alkanes of at least 4 members (excludes halogenated alkanes) is 1. The number of aromatic nitrogens is 2. The largest absolute Gasteiger partial charge is 0.507 e. The second-order valence-corrected chi connectivity index (χ2v) is 12.7. The first-order valence-corrected chi connectivity index (χ1v) is 15.8. The molecule has 1 unspecified atom stereocenters. The van der Waals surface area contributed by atoms with Crippen LogP contribution >= 0.6 is 46.3 Å². The van der Waals surface area contributed by atoms with Crippen molar-refractivity contribution in [3.63, 3.8) is 0 Å². The molecule has 1 saturated heterocycles. The molecule has 1 fully saturated rings. The number of rotatable bonds is 10. The molecule has 0 radical (unpaired) electrons. The van der Waals surface area contributed by atoms with Crippen LogP contribution in [-0.2, 0) is 15.3 Å². The minimum atomic E-state index is -0.933. The van der Waals surface area contributed by atoms with Gasteiger partial charge in [0.15, 0.2) is 4.34 Å². The Labute approximate surface area is 262 Å². The molecule has 0 spiro atoms. The number of hydrogen-bond acceptors (Lipinski definition) is 8. The van der Waals surface area contributed by atoms with E-state index in [0.717, 1.165) is 24.0 Å². The normalized spacial score (nSPS) is 16.3. The van der Waals surface area contributed by atoms with Crippen LogP contribution in [0, 0.1) is 6.92 Å². The first-order valence-electron chi connectivity index (χ1n) is 13.3. The molecule has 42 heavy (non-hydrogen) atoms. The number of anilines is 1. The van der Waals surface area contributed by atoms with Crippen molar-refractivity contribution in [2.45, 2.75) is 42.8 Å². The third-order valence-electron chi connectivity index (χ3n) is 6.68. The van der Waals surface area contributed by atoms with Gasteiger partial charge in [0.1, 0.15) is 11.5 Å². The van der Waals surface area contributed by atoms with Crippen LogP contribution in [0.1, 0.15) is 48.1 Å². The number of carbonyl (C=O) groups is 2. The van der Waals surface area contributed by atoms with E-state index < -0.39 is 17.7 Å². The van der Waals surface area contributed by atoms with E-state index in [4.69, 9.17) is 27.9 Å². The van der Waals surface area contributed by atoms with Crippen molar-refractivity contribution < 1.29 is 19.4 Å². The van der Waals surface area contributed by atoms with Crippen molar-refractivity contribution >= 4 is 68.9 Å². The Balaban J connectivity index is 1.53. The summed E-state index contributed by atoms with van der Waals surface area (Å²) < 4.78 is 6.50. The zero-order valence-corrected chi connectivity index (χ0v) is 26.0. The standard InChI is InChI=1S/C31H27Cl2N3O4S2/c1-3-4-14-40-23-7-5-6-20(15-23)26-25(27(37)19-10-8-18(2)9-11-19)28(38)29(39)36(26)30-34-35-31(42-30)41-17-21-12-13-22(32)16-24(21)33/h5-13,15-16,26,37H,3-4,14,17H2,1-2H3/b27-25+. The lowest BCUT2D eigenvalue weighted by atomic mass is 9.95. The Morgan fingerprint density at radius 2 is 1.86 bits per heavy atom. The van der Waals surface area contributed by atoms with Gasteiger partial charge >= 0.3 is 5.91 Å². The lowest BCUT2D eigenvalue weighted by Gasteiger charge is -2.23. The molecule has 11 heteroatoms. The average Bonchev–Trinajstić information content (AvgIpc) is 3.55.